The van der Waals surface area contributed by atoms with Gasteiger partial charge in [-0.2, -0.15) is 0 Å². The number of carbonyl (C=O) groups excluding carboxylic acids is 1. The van der Waals surface area contributed by atoms with E-state index in [-0.39, 0.29) is 5.91 Å². The number of hydrogen-bond acceptors (Lipinski definition) is 4. The second-order valence-corrected chi connectivity index (χ2v) is 6.58. The maximum atomic E-state index is 12.3. The van der Waals surface area contributed by atoms with Crippen LogP contribution >= 0.6 is 11.3 Å². The molecule has 23 heavy (non-hydrogen) atoms. The van der Waals surface area contributed by atoms with Gasteiger partial charge in [0, 0.05) is 0 Å². The molecule has 5 heteroatoms. The predicted octanol–water partition coefficient (Wildman–Crippen LogP) is 4.32. The number of rotatable bonds is 4. The van der Waals surface area contributed by atoms with Gasteiger partial charge in [0.2, 0.25) is 0 Å². The minimum absolute atomic E-state index is 0.207. The molecule has 2 aromatic carbocycles. The lowest BCUT2D eigenvalue weighted by Crippen LogP contribution is -2.30. The number of ether oxygens (including phenoxy) is 1. The van der Waals surface area contributed by atoms with E-state index in [0.717, 1.165) is 15.8 Å². The van der Waals surface area contributed by atoms with Crippen LogP contribution in [-0.4, -0.2) is 17.0 Å². The zero-order valence-corrected chi connectivity index (χ0v) is 14.1. The normalized spacial score (nSPS) is 12.1. The molecule has 0 radical (unpaired) electrons. The molecule has 0 bridgehead atoms. The molecule has 4 nitrogen and oxygen atoms in total. The lowest BCUT2D eigenvalue weighted by Gasteiger charge is -2.13. The van der Waals surface area contributed by atoms with Crippen LogP contribution in [0.2, 0.25) is 0 Å². The minimum Gasteiger partial charge on any atom is -0.481 e. The second-order valence-electron chi connectivity index (χ2n) is 5.55. The summed E-state index contributed by atoms with van der Waals surface area (Å²) in [5.41, 5.74) is 3.22. The van der Waals surface area contributed by atoms with E-state index in [1.807, 2.05) is 50.2 Å². The Morgan fingerprint density at radius 3 is 2.57 bits per heavy atom. The molecule has 0 aliphatic carbocycles. The minimum atomic E-state index is -0.591. The summed E-state index contributed by atoms with van der Waals surface area (Å²) < 4.78 is 6.72. The fraction of sp³-hybridized carbons (Fsp3) is 0.222. The molecule has 0 saturated heterocycles. The zero-order valence-electron chi connectivity index (χ0n) is 13.3. The van der Waals surface area contributed by atoms with Gasteiger partial charge in [0.05, 0.1) is 10.2 Å². The first kappa shape index (κ1) is 15.5. The summed E-state index contributed by atoms with van der Waals surface area (Å²) in [6.07, 6.45) is -0.591. The van der Waals surface area contributed by atoms with Crippen LogP contribution < -0.4 is 10.1 Å². The third-order valence-corrected chi connectivity index (χ3v) is 4.41. The highest BCUT2D eigenvalue weighted by Gasteiger charge is 2.16. The number of benzene rings is 2. The summed E-state index contributed by atoms with van der Waals surface area (Å²) in [6.45, 7) is 5.77. The lowest BCUT2D eigenvalue weighted by atomic mass is 10.2. The first-order valence-corrected chi connectivity index (χ1v) is 8.24. The Morgan fingerprint density at radius 2 is 1.83 bits per heavy atom. The smallest absolute Gasteiger partial charge is 0.266 e. The molecular formula is C18H18N2O2S. The first-order valence-electron chi connectivity index (χ1n) is 7.42. The van der Waals surface area contributed by atoms with Crippen LogP contribution in [-0.2, 0) is 4.79 Å². The standard InChI is InChI=1S/C18H18N2O2S/c1-11-4-7-14(8-5-11)22-13(3)17(21)20-18-19-15-9-6-12(2)10-16(15)23-18/h4-10,13H,1-3H3,(H,19,20,21). The Hall–Kier alpha value is -2.40. The number of nitrogens with one attached hydrogen (secondary N) is 1. The van der Waals surface area contributed by atoms with Gasteiger partial charge >= 0.3 is 0 Å². The second kappa shape index (κ2) is 6.38. The SMILES string of the molecule is Cc1ccc(OC(C)C(=O)Nc2nc3ccc(C)cc3s2)cc1. The highest BCUT2D eigenvalue weighted by molar-refractivity contribution is 7.22. The van der Waals surface area contributed by atoms with Crippen molar-refractivity contribution in [2.24, 2.45) is 0 Å². The van der Waals surface area contributed by atoms with Crippen molar-refractivity contribution in [3.05, 3.63) is 53.6 Å². The topological polar surface area (TPSA) is 51.2 Å². The molecule has 1 N–H and O–H groups in total. The molecule has 0 spiro atoms. The number of hydrogen-bond donors (Lipinski definition) is 1. The number of amides is 1. The maximum Gasteiger partial charge on any atom is 0.266 e. The van der Waals surface area contributed by atoms with Gasteiger partial charge in [-0.25, -0.2) is 4.98 Å². The quantitative estimate of drug-likeness (QED) is 0.777. The molecule has 3 rings (SSSR count). The van der Waals surface area contributed by atoms with Crippen molar-refractivity contribution in [1.29, 1.82) is 0 Å². The van der Waals surface area contributed by atoms with Gasteiger partial charge in [-0.3, -0.25) is 10.1 Å². The van der Waals surface area contributed by atoms with Gasteiger partial charge in [0.15, 0.2) is 11.2 Å². The molecular weight excluding hydrogens is 308 g/mol. The third kappa shape index (κ3) is 3.68. The number of nitrogens with zero attached hydrogens (tertiary/aromatic N) is 1. The number of thiazole rings is 1. The van der Waals surface area contributed by atoms with Crippen molar-refractivity contribution in [3.8, 4) is 5.75 Å². The van der Waals surface area contributed by atoms with Crippen LogP contribution in [0.3, 0.4) is 0 Å². The Kier molecular flexibility index (Phi) is 4.30. The molecule has 3 aromatic rings. The van der Waals surface area contributed by atoms with Crippen LogP contribution in [0, 0.1) is 13.8 Å². The maximum absolute atomic E-state index is 12.3. The van der Waals surface area contributed by atoms with Gasteiger partial charge in [-0.15, -0.1) is 0 Å². The van der Waals surface area contributed by atoms with Gasteiger partial charge < -0.3 is 4.74 Å². The van der Waals surface area contributed by atoms with E-state index in [0.29, 0.717) is 10.9 Å². The van der Waals surface area contributed by atoms with Crippen molar-refractivity contribution in [1.82, 2.24) is 4.98 Å². The number of aryl methyl sites for hydroxylation is 2. The fourth-order valence-corrected chi connectivity index (χ4v) is 3.13. The van der Waals surface area contributed by atoms with Crippen molar-refractivity contribution in [2.45, 2.75) is 26.9 Å². The Balaban J connectivity index is 1.68. The van der Waals surface area contributed by atoms with E-state index in [9.17, 15) is 4.79 Å². The summed E-state index contributed by atoms with van der Waals surface area (Å²) in [4.78, 5) is 16.7. The van der Waals surface area contributed by atoms with Crippen LogP contribution in [0.1, 0.15) is 18.1 Å². The molecule has 0 fully saturated rings. The number of fused-ring (bicyclic) bond motifs is 1. The summed E-state index contributed by atoms with van der Waals surface area (Å²) in [7, 11) is 0. The molecule has 1 amide bonds. The highest BCUT2D eigenvalue weighted by Crippen LogP contribution is 2.26. The van der Waals surface area contributed by atoms with Crippen LogP contribution in [0.25, 0.3) is 10.2 Å². The largest absolute Gasteiger partial charge is 0.481 e. The van der Waals surface area contributed by atoms with Gasteiger partial charge in [0.1, 0.15) is 5.75 Å². The van der Waals surface area contributed by atoms with Crippen molar-refractivity contribution < 1.29 is 9.53 Å². The third-order valence-electron chi connectivity index (χ3n) is 3.48. The number of anilines is 1. The molecule has 1 heterocycles. The van der Waals surface area contributed by atoms with Gasteiger partial charge in [0.25, 0.3) is 5.91 Å². The van der Waals surface area contributed by atoms with E-state index in [2.05, 4.69) is 16.4 Å². The summed E-state index contributed by atoms with van der Waals surface area (Å²) in [5.74, 6) is 0.472. The lowest BCUT2D eigenvalue weighted by molar-refractivity contribution is -0.122. The molecule has 1 atom stereocenters. The average Bonchev–Trinajstić information content (AvgIpc) is 2.90. The van der Waals surface area contributed by atoms with Crippen molar-refractivity contribution in [2.75, 3.05) is 5.32 Å². The Labute approximate surface area is 139 Å². The van der Waals surface area contributed by atoms with E-state index in [1.165, 1.54) is 16.9 Å². The molecule has 118 valence electrons. The molecule has 1 aromatic heterocycles. The van der Waals surface area contributed by atoms with E-state index in [4.69, 9.17) is 4.74 Å². The van der Waals surface area contributed by atoms with E-state index in [1.54, 1.807) is 6.92 Å². The van der Waals surface area contributed by atoms with Gasteiger partial charge in [-0.1, -0.05) is 35.1 Å². The summed E-state index contributed by atoms with van der Waals surface area (Å²) >= 11 is 1.47. The summed E-state index contributed by atoms with van der Waals surface area (Å²) in [5, 5.41) is 3.42. The predicted molar refractivity (Wildman–Crippen MR) is 94.3 cm³/mol. The monoisotopic (exact) mass is 326 g/mol. The first-order chi connectivity index (χ1) is 11.0. The van der Waals surface area contributed by atoms with Crippen molar-refractivity contribution in [3.63, 3.8) is 0 Å². The molecule has 0 saturated carbocycles. The number of aromatic nitrogens is 1. The van der Waals surface area contributed by atoms with Crippen molar-refractivity contribution >= 4 is 32.6 Å². The summed E-state index contributed by atoms with van der Waals surface area (Å²) in [6, 6.07) is 13.7. The van der Waals surface area contributed by atoms with Gasteiger partial charge in [-0.05, 0) is 50.6 Å². The Bertz CT molecular complexity index is 840. The zero-order chi connectivity index (χ0) is 16.4. The highest BCUT2D eigenvalue weighted by atomic mass is 32.1. The van der Waals surface area contributed by atoms with Crippen LogP contribution in [0.5, 0.6) is 5.75 Å². The Morgan fingerprint density at radius 1 is 1.13 bits per heavy atom. The average molecular weight is 326 g/mol. The molecule has 0 aliphatic rings. The fourth-order valence-electron chi connectivity index (χ4n) is 2.17. The van der Waals surface area contributed by atoms with E-state index >= 15 is 0 Å². The van der Waals surface area contributed by atoms with Crippen LogP contribution in [0.15, 0.2) is 42.5 Å². The van der Waals surface area contributed by atoms with E-state index < -0.39 is 6.10 Å². The van der Waals surface area contributed by atoms with Crippen LogP contribution in [0.4, 0.5) is 5.13 Å². The molecule has 1 unspecified atom stereocenters. The molecule has 0 aliphatic heterocycles. The number of carbonyl (C=O) groups is 1.